The molecule has 0 fully saturated rings. The normalized spacial score (nSPS) is 11.7. The van der Waals surface area contributed by atoms with Gasteiger partial charge in [-0.3, -0.25) is 0 Å². The second-order valence-electron chi connectivity index (χ2n) is 6.67. The molecule has 26 heavy (non-hydrogen) atoms. The van der Waals surface area contributed by atoms with Crippen molar-refractivity contribution in [1.29, 1.82) is 0 Å². The highest BCUT2D eigenvalue weighted by Crippen LogP contribution is 2.29. The molecule has 0 heterocycles. The number of thioether (sulfide) groups is 2. The van der Waals surface area contributed by atoms with Crippen molar-refractivity contribution < 1.29 is 0 Å². The quantitative estimate of drug-likeness (QED) is 0.318. The summed E-state index contributed by atoms with van der Waals surface area (Å²) in [5.41, 5.74) is 2.82. The smallest absolute Gasteiger partial charge is 0.0228 e. The predicted molar refractivity (Wildman–Crippen MR) is 122 cm³/mol. The Balaban J connectivity index is 1.79. The molecule has 0 N–H and O–H groups in total. The first kappa shape index (κ1) is 21.2. The molecular weight excluding hydrogens is 352 g/mol. The van der Waals surface area contributed by atoms with Crippen LogP contribution in [0.25, 0.3) is 0 Å². The van der Waals surface area contributed by atoms with E-state index < -0.39 is 0 Å². The van der Waals surface area contributed by atoms with Crippen LogP contribution in [0.5, 0.6) is 0 Å². The molecule has 0 saturated heterocycles. The Bertz CT molecular complexity index is 605. The first-order valence-corrected chi connectivity index (χ1v) is 11.9. The second-order valence-corrected chi connectivity index (χ2v) is 8.63. The monoisotopic (exact) mass is 384 g/mol. The maximum atomic E-state index is 2.41. The number of unbranched alkanes of at least 4 members (excludes halogenated alkanes) is 5. The van der Waals surface area contributed by atoms with Crippen molar-refractivity contribution in [3.63, 3.8) is 0 Å². The molecule has 0 aliphatic heterocycles. The lowest BCUT2D eigenvalue weighted by Crippen LogP contribution is -1.85. The minimum absolute atomic E-state index is 1.06. The zero-order chi connectivity index (χ0) is 18.3. The third-order valence-electron chi connectivity index (χ3n) is 4.35. The predicted octanol–water partition coefficient (Wildman–Crippen LogP) is 8.45. The van der Waals surface area contributed by atoms with E-state index in [1.807, 2.05) is 23.5 Å². The topological polar surface area (TPSA) is 0 Å². The summed E-state index contributed by atoms with van der Waals surface area (Å²) < 4.78 is 0. The number of allylic oxidation sites excluding steroid dienone is 1. The summed E-state index contributed by atoms with van der Waals surface area (Å²) in [6.45, 7) is 2.28. The fourth-order valence-electron chi connectivity index (χ4n) is 2.80. The number of benzene rings is 2. The molecule has 0 aliphatic carbocycles. The van der Waals surface area contributed by atoms with Gasteiger partial charge < -0.3 is 0 Å². The van der Waals surface area contributed by atoms with E-state index in [-0.39, 0.29) is 0 Å². The molecule has 0 amide bonds. The van der Waals surface area contributed by atoms with Gasteiger partial charge in [0.1, 0.15) is 0 Å². The van der Waals surface area contributed by atoms with Crippen molar-refractivity contribution in [3.8, 4) is 0 Å². The SMILES string of the molecule is CCCCCCCC/C(=C/SCc1ccccc1)SCc1ccccc1. The van der Waals surface area contributed by atoms with Crippen LogP contribution in [-0.2, 0) is 11.5 Å². The molecule has 0 nitrogen and oxygen atoms in total. The Morgan fingerprint density at radius 2 is 1.31 bits per heavy atom. The largest absolute Gasteiger partial charge is 0.129 e. The number of rotatable bonds is 13. The fourth-order valence-corrected chi connectivity index (χ4v) is 4.88. The maximum absolute atomic E-state index is 2.41. The van der Waals surface area contributed by atoms with Gasteiger partial charge in [-0.2, -0.15) is 0 Å². The fraction of sp³-hybridized carbons (Fsp3) is 0.417. The molecule has 0 aliphatic rings. The standard InChI is InChI=1S/C24H32S2/c1-2-3-4-5-6-13-18-24(26-20-23-16-11-8-12-17-23)21-25-19-22-14-9-7-10-15-22/h7-12,14-17,21H,2-6,13,18-20H2,1H3/b24-21-. The molecule has 0 radical (unpaired) electrons. The second kappa shape index (κ2) is 14.0. The molecule has 2 aromatic carbocycles. The minimum atomic E-state index is 1.06. The van der Waals surface area contributed by atoms with E-state index in [4.69, 9.17) is 0 Å². The molecule has 2 aromatic rings. The van der Waals surface area contributed by atoms with Crippen molar-refractivity contribution >= 4 is 23.5 Å². The number of hydrogen-bond donors (Lipinski definition) is 0. The van der Waals surface area contributed by atoms with Crippen LogP contribution in [0.2, 0.25) is 0 Å². The molecule has 0 bridgehead atoms. The van der Waals surface area contributed by atoms with Gasteiger partial charge in [-0.25, -0.2) is 0 Å². The summed E-state index contributed by atoms with van der Waals surface area (Å²) in [5, 5.41) is 2.41. The van der Waals surface area contributed by atoms with Crippen molar-refractivity contribution in [3.05, 3.63) is 82.1 Å². The maximum Gasteiger partial charge on any atom is 0.0228 e. The lowest BCUT2D eigenvalue weighted by Gasteiger charge is -2.08. The van der Waals surface area contributed by atoms with Crippen molar-refractivity contribution in [2.75, 3.05) is 0 Å². The van der Waals surface area contributed by atoms with Gasteiger partial charge in [0.2, 0.25) is 0 Å². The van der Waals surface area contributed by atoms with E-state index in [0.717, 1.165) is 11.5 Å². The van der Waals surface area contributed by atoms with Crippen LogP contribution in [0.15, 0.2) is 71.0 Å². The van der Waals surface area contributed by atoms with Crippen LogP contribution in [0.1, 0.15) is 63.0 Å². The summed E-state index contributed by atoms with van der Waals surface area (Å²) in [6.07, 6.45) is 9.42. The van der Waals surface area contributed by atoms with Gasteiger partial charge in [-0.15, -0.1) is 23.5 Å². The zero-order valence-electron chi connectivity index (χ0n) is 16.0. The first-order valence-electron chi connectivity index (χ1n) is 9.89. The lowest BCUT2D eigenvalue weighted by molar-refractivity contribution is 0.610. The van der Waals surface area contributed by atoms with Crippen LogP contribution in [0, 0.1) is 0 Å². The average molecular weight is 385 g/mol. The molecule has 2 heteroatoms. The highest BCUT2D eigenvalue weighted by atomic mass is 32.2. The van der Waals surface area contributed by atoms with E-state index in [1.165, 1.54) is 56.1 Å². The van der Waals surface area contributed by atoms with Crippen molar-refractivity contribution in [2.45, 2.75) is 63.4 Å². The van der Waals surface area contributed by atoms with Crippen molar-refractivity contribution in [2.24, 2.45) is 0 Å². The van der Waals surface area contributed by atoms with Gasteiger partial charge in [0.15, 0.2) is 0 Å². The summed E-state index contributed by atoms with van der Waals surface area (Å²) >= 11 is 3.96. The van der Waals surface area contributed by atoms with Crippen LogP contribution in [-0.4, -0.2) is 0 Å². The van der Waals surface area contributed by atoms with Crippen LogP contribution in [0.4, 0.5) is 0 Å². The Hall–Kier alpha value is -1.12. The van der Waals surface area contributed by atoms with Crippen LogP contribution < -0.4 is 0 Å². The molecule has 0 unspecified atom stereocenters. The Labute approximate surface area is 168 Å². The molecule has 2 rings (SSSR count). The van der Waals surface area contributed by atoms with E-state index in [2.05, 4.69) is 73.0 Å². The van der Waals surface area contributed by atoms with Crippen molar-refractivity contribution in [1.82, 2.24) is 0 Å². The van der Waals surface area contributed by atoms with Gasteiger partial charge in [-0.05, 0) is 34.3 Å². The third-order valence-corrected chi connectivity index (χ3v) is 6.62. The Kier molecular flexibility index (Phi) is 11.4. The lowest BCUT2D eigenvalue weighted by atomic mass is 10.1. The first-order chi connectivity index (χ1) is 12.9. The minimum Gasteiger partial charge on any atom is -0.129 e. The zero-order valence-corrected chi connectivity index (χ0v) is 17.7. The van der Waals surface area contributed by atoms with Gasteiger partial charge in [0.05, 0.1) is 0 Å². The van der Waals surface area contributed by atoms with E-state index >= 15 is 0 Å². The molecule has 0 spiro atoms. The summed E-state index contributed by atoms with van der Waals surface area (Å²) in [6, 6.07) is 21.6. The molecular formula is C24H32S2. The highest BCUT2D eigenvalue weighted by molar-refractivity contribution is 8.05. The van der Waals surface area contributed by atoms with Crippen LogP contribution >= 0.6 is 23.5 Å². The van der Waals surface area contributed by atoms with E-state index in [0.29, 0.717) is 0 Å². The summed E-state index contributed by atoms with van der Waals surface area (Å²) in [5.74, 6) is 2.14. The molecule has 0 aromatic heterocycles. The summed E-state index contributed by atoms with van der Waals surface area (Å²) in [7, 11) is 0. The van der Waals surface area contributed by atoms with Gasteiger partial charge >= 0.3 is 0 Å². The molecule has 0 atom stereocenters. The van der Waals surface area contributed by atoms with E-state index in [9.17, 15) is 0 Å². The van der Waals surface area contributed by atoms with Crippen LogP contribution in [0.3, 0.4) is 0 Å². The third kappa shape index (κ3) is 9.54. The van der Waals surface area contributed by atoms with E-state index in [1.54, 1.807) is 4.91 Å². The Morgan fingerprint density at radius 1 is 0.731 bits per heavy atom. The summed E-state index contributed by atoms with van der Waals surface area (Å²) in [4.78, 5) is 1.55. The van der Waals surface area contributed by atoms with Gasteiger partial charge in [-0.1, -0.05) is 99.7 Å². The average Bonchev–Trinajstić information content (AvgIpc) is 2.70. The highest BCUT2D eigenvalue weighted by Gasteiger charge is 2.02. The molecule has 140 valence electrons. The van der Waals surface area contributed by atoms with Gasteiger partial charge in [0, 0.05) is 11.5 Å². The number of hydrogen-bond acceptors (Lipinski definition) is 2. The van der Waals surface area contributed by atoms with Gasteiger partial charge in [0.25, 0.3) is 0 Å². The molecule has 0 saturated carbocycles. The Morgan fingerprint density at radius 3 is 1.96 bits per heavy atom.